The van der Waals surface area contributed by atoms with Crippen LogP contribution in [0.4, 0.5) is 5.82 Å². The molecule has 3 heterocycles. The van der Waals surface area contributed by atoms with Crippen LogP contribution in [0.2, 0.25) is 0 Å². The quantitative estimate of drug-likeness (QED) is 0.198. The Morgan fingerprint density at radius 2 is 2.13 bits per heavy atom. The number of para-hydroxylation sites is 1. The SMILES string of the molecule is CCSc1nc(NCCOC)c2cnn(CCNC(=O)c3cc4ccccc4[nH]3)c2n1. The minimum absolute atomic E-state index is 0.147. The zero-order chi connectivity index (χ0) is 21.6. The lowest BCUT2D eigenvalue weighted by Crippen LogP contribution is -2.27. The molecular formula is C21H25N7O2S. The predicted molar refractivity (Wildman–Crippen MR) is 123 cm³/mol. The number of ether oxygens (including phenoxy) is 1. The van der Waals surface area contributed by atoms with E-state index in [0.717, 1.165) is 33.5 Å². The standard InChI is InChI=1S/C21H25N7O2S/c1-3-31-21-26-18(22-9-11-30-2)15-13-24-28(19(15)27-21)10-8-23-20(29)17-12-14-6-4-5-7-16(14)25-17/h4-7,12-13,25H,3,8-11H2,1-2H3,(H,23,29)(H,22,26,27). The molecule has 1 aromatic carbocycles. The van der Waals surface area contributed by atoms with Crippen molar-refractivity contribution in [2.24, 2.45) is 0 Å². The molecule has 0 saturated carbocycles. The van der Waals surface area contributed by atoms with E-state index in [4.69, 9.17) is 4.74 Å². The molecule has 0 spiro atoms. The molecule has 3 N–H and O–H groups in total. The van der Waals surface area contributed by atoms with Gasteiger partial charge in [-0.25, -0.2) is 14.6 Å². The number of anilines is 1. The normalized spacial score (nSPS) is 11.3. The van der Waals surface area contributed by atoms with Gasteiger partial charge in [-0.15, -0.1) is 0 Å². The lowest BCUT2D eigenvalue weighted by Gasteiger charge is -2.09. The molecule has 31 heavy (non-hydrogen) atoms. The molecule has 0 bridgehead atoms. The van der Waals surface area contributed by atoms with Gasteiger partial charge in [0.15, 0.2) is 10.8 Å². The fourth-order valence-electron chi connectivity index (χ4n) is 3.27. The van der Waals surface area contributed by atoms with Crippen molar-refractivity contribution in [3.8, 4) is 0 Å². The molecule has 3 aromatic heterocycles. The number of hydrogen-bond acceptors (Lipinski definition) is 7. The summed E-state index contributed by atoms with van der Waals surface area (Å²) in [5.41, 5.74) is 2.22. The van der Waals surface area contributed by atoms with Gasteiger partial charge in [0, 0.05) is 31.1 Å². The van der Waals surface area contributed by atoms with Crippen LogP contribution >= 0.6 is 11.8 Å². The molecule has 0 aliphatic heterocycles. The van der Waals surface area contributed by atoms with Crippen LogP contribution in [-0.4, -0.2) is 63.2 Å². The topological polar surface area (TPSA) is 110 Å². The Kier molecular flexibility index (Phi) is 6.68. The van der Waals surface area contributed by atoms with Gasteiger partial charge in [-0.05, 0) is 17.9 Å². The second-order valence-electron chi connectivity index (χ2n) is 6.84. The number of nitrogens with zero attached hydrogens (tertiary/aromatic N) is 4. The molecule has 4 aromatic rings. The molecule has 0 fully saturated rings. The third-order valence-electron chi connectivity index (χ3n) is 4.73. The number of carbonyl (C=O) groups excluding carboxylic acids is 1. The third kappa shape index (κ3) is 4.80. The zero-order valence-electron chi connectivity index (χ0n) is 17.5. The molecule has 0 aliphatic carbocycles. The van der Waals surface area contributed by atoms with E-state index in [9.17, 15) is 4.79 Å². The summed E-state index contributed by atoms with van der Waals surface area (Å²) in [6, 6.07) is 9.67. The number of carbonyl (C=O) groups is 1. The number of hydrogen-bond donors (Lipinski definition) is 3. The summed E-state index contributed by atoms with van der Waals surface area (Å²) in [7, 11) is 1.66. The van der Waals surface area contributed by atoms with E-state index < -0.39 is 0 Å². The molecule has 0 aliphatic rings. The van der Waals surface area contributed by atoms with Crippen molar-refractivity contribution in [1.82, 2.24) is 30.0 Å². The Morgan fingerprint density at radius 1 is 1.26 bits per heavy atom. The number of amides is 1. The maximum absolute atomic E-state index is 12.5. The lowest BCUT2D eigenvalue weighted by atomic mass is 10.2. The molecule has 10 heteroatoms. The van der Waals surface area contributed by atoms with E-state index in [1.54, 1.807) is 29.8 Å². The van der Waals surface area contributed by atoms with Crippen LogP contribution in [0.5, 0.6) is 0 Å². The minimum Gasteiger partial charge on any atom is -0.383 e. The number of rotatable bonds is 10. The summed E-state index contributed by atoms with van der Waals surface area (Å²) >= 11 is 1.58. The average molecular weight is 440 g/mol. The van der Waals surface area contributed by atoms with Crippen molar-refractivity contribution >= 4 is 45.4 Å². The average Bonchev–Trinajstić information content (AvgIpc) is 3.39. The van der Waals surface area contributed by atoms with Crippen molar-refractivity contribution < 1.29 is 9.53 Å². The van der Waals surface area contributed by atoms with Gasteiger partial charge in [-0.2, -0.15) is 5.10 Å². The number of aromatic amines is 1. The van der Waals surface area contributed by atoms with Crippen LogP contribution < -0.4 is 10.6 Å². The first-order chi connectivity index (χ1) is 15.2. The second kappa shape index (κ2) is 9.80. The van der Waals surface area contributed by atoms with Crippen LogP contribution in [-0.2, 0) is 11.3 Å². The van der Waals surface area contributed by atoms with Gasteiger partial charge in [0.25, 0.3) is 5.91 Å². The second-order valence-corrected chi connectivity index (χ2v) is 8.07. The first-order valence-corrected chi connectivity index (χ1v) is 11.1. The molecule has 0 radical (unpaired) electrons. The number of aromatic nitrogens is 5. The zero-order valence-corrected chi connectivity index (χ0v) is 18.3. The summed E-state index contributed by atoms with van der Waals surface area (Å²) in [6.45, 7) is 4.21. The Labute approximate surface area is 184 Å². The largest absolute Gasteiger partial charge is 0.383 e. The van der Waals surface area contributed by atoms with E-state index in [2.05, 4.69) is 37.6 Å². The van der Waals surface area contributed by atoms with E-state index >= 15 is 0 Å². The predicted octanol–water partition coefficient (Wildman–Crippen LogP) is 2.91. The Morgan fingerprint density at radius 3 is 2.94 bits per heavy atom. The molecular weight excluding hydrogens is 414 g/mol. The fourth-order valence-corrected chi connectivity index (χ4v) is 3.83. The Hall–Kier alpha value is -3.11. The number of benzene rings is 1. The first-order valence-electron chi connectivity index (χ1n) is 10.1. The smallest absolute Gasteiger partial charge is 0.267 e. The summed E-state index contributed by atoms with van der Waals surface area (Å²) in [6.07, 6.45) is 1.75. The van der Waals surface area contributed by atoms with Crippen molar-refractivity contribution in [1.29, 1.82) is 0 Å². The first kappa shape index (κ1) is 21.1. The van der Waals surface area contributed by atoms with Crippen molar-refractivity contribution in [3.05, 3.63) is 42.2 Å². The number of H-pyrrole nitrogens is 1. The number of methoxy groups -OCH3 is 1. The summed E-state index contributed by atoms with van der Waals surface area (Å²) in [5.74, 6) is 1.47. The van der Waals surface area contributed by atoms with Crippen LogP contribution in [0.3, 0.4) is 0 Å². The van der Waals surface area contributed by atoms with E-state index in [1.807, 2.05) is 30.3 Å². The van der Waals surface area contributed by atoms with Gasteiger partial charge in [0.05, 0.1) is 24.7 Å². The molecule has 0 unspecified atom stereocenters. The van der Waals surface area contributed by atoms with Gasteiger partial charge in [0.1, 0.15) is 11.5 Å². The van der Waals surface area contributed by atoms with Crippen molar-refractivity contribution in [2.75, 3.05) is 37.9 Å². The van der Waals surface area contributed by atoms with E-state index in [1.165, 1.54) is 0 Å². The maximum Gasteiger partial charge on any atom is 0.267 e. The highest BCUT2D eigenvalue weighted by Gasteiger charge is 2.14. The van der Waals surface area contributed by atoms with Gasteiger partial charge in [-0.1, -0.05) is 36.9 Å². The number of nitrogens with one attached hydrogen (secondary N) is 3. The maximum atomic E-state index is 12.5. The van der Waals surface area contributed by atoms with Crippen LogP contribution in [0.1, 0.15) is 17.4 Å². The highest BCUT2D eigenvalue weighted by molar-refractivity contribution is 7.99. The van der Waals surface area contributed by atoms with Gasteiger partial charge in [0.2, 0.25) is 0 Å². The molecule has 162 valence electrons. The van der Waals surface area contributed by atoms with Crippen LogP contribution in [0.25, 0.3) is 21.9 Å². The van der Waals surface area contributed by atoms with Gasteiger partial charge < -0.3 is 20.4 Å². The third-order valence-corrected chi connectivity index (χ3v) is 5.46. The van der Waals surface area contributed by atoms with Crippen molar-refractivity contribution in [2.45, 2.75) is 18.6 Å². The molecule has 9 nitrogen and oxygen atoms in total. The minimum atomic E-state index is -0.147. The fraction of sp³-hybridized carbons (Fsp3) is 0.333. The Bertz CT molecular complexity index is 1150. The van der Waals surface area contributed by atoms with Crippen LogP contribution in [0, 0.1) is 0 Å². The Balaban J connectivity index is 1.46. The molecule has 1 amide bonds. The summed E-state index contributed by atoms with van der Waals surface area (Å²) in [4.78, 5) is 24.9. The van der Waals surface area contributed by atoms with Crippen LogP contribution in [0.15, 0.2) is 41.7 Å². The summed E-state index contributed by atoms with van der Waals surface area (Å²) in [5, 5.41) is 13.3. The van der Waals surface area contributed by atoms with E-state index in [0.29, 0.717) is 37.1 Å². The molecule has 4 rings (SSSR count). The highest BCUT2D eigenvalue weighted by Crippen LogP contribution is 2.24. The van der Waals surface area contributed by atoms with Gasteiger partial charge >= 0.3 is 0 Å². The monoisotopic (exact) mass is 439 g/mol. The van der Waals surface area contributed by atoms with Crippen molar-refractivity contribution in [3.63, 3.8) is 0 Å². The molecule has 0 saturated heterocycles. The lowest BCUT2D eigenvalue weighted by molar-refractivity contribution is 0.0948. The number of fused-ring (bicyclic) bond motifs is 2. The highest BCUT2D eigenvalue weighted by atomic mass is 32.2. The van der Waals surface area contributed by atoms with E-state index in [-0.39, 0.29) is 5.91 Å². The number of thioether (sulfide) groups is 1. The molecule has 0 atom stereocenters. The van der Waals surface area contributed by atoms with Gasteiger partial charge in [-0.3, -0.25) is 4.79 Å². The summed E-state index contributed by atoms with van der Waals surface area (Å²) < 4.78 is 6.91.